The summed E-state index contributed by atoms with van der Waals surface area (Å²) in [5.74, 6) is 1.41. The number of rotatable bonds is 6. The number of aromatic amines is 1. The monoisotopic (exact) mass is 404 g/mol. The third-order valence-corrected chi connectivity index (χ3v) is 5.94. The molecule has 30 heavy (non-hydrogen) atoms. The fourth-order valence-electron chi connectivity index (χ4n) is 4.35. The van der Waals surface area contributed by atoms with Crippen LogP contribution in [-0.2, 0) is 4.79 Å². The number of carbonyl (C=O) groups is 2. The average molecular weight is 405 g/mol. The van der Waals surface area contributed by atoms with Crippen LogP contribution < -0.4 is 5.32 Å². The lowest BCUT2D eigenvalue weighted by atomic mass is 10.0. The van der Waals surface area contributed by atoms with Crippen LogP contribution in [0.2, 0.25) is 0 Å². The Kier molecular flexibility index (Phi) is 5.84. The number of carbonyl (C=O) groups excluding carboxylic acids is 2. The van der Waals surface area contributed by atoms with Crippen molar-refractivity contribution >= 4 is 22.8 Å². The molecule has 0 saturated heterocycles. The Morgan fingerprint density at radius 3 is 2.63 bits per heavy atom. The minimum absolute atomic E-state index is 0.00705. The molecule has 2 aromatic carbocycles. The van der Waals surface area contributed by atoms with E-state index in [1.165, 1.54) is 0 Å². The lowest BCUT2D eigenvalue weighted by molar-refractivity contribution is -0.124. The summed E-state index contributed by atoms with van der Waals surface area (Å²) in [4.78, 5) is 34.6. The van der Waals surface area contributed by atoms with Gasteiger partial charge in [0, 0.05) is 37.2 Å². The van der Waals surface area contributed by atoms with Gasteiger partial charge in [-0.25, -0.2) is 4.98 Å². The largest absolute Gasteiger partial charge is 0.356 e. The molecule has 0 bridgehead atoms. The zero-order chi connectivity index (χ0) is 21.1. The molecule has 4 rings (SSSR count). The van der Waals surface area contributed by atoms with E-state index in [0.29, 0.717) is 24.6 Å². The van der Waals surface area contributed by atoms with Gasteiger partial charge in [0.05, 0.1) is 11.0 Å². The molecule has 2 amide bonds. The lowest BCUT2D eigenvalue weighted by Crippen LogP contribution is -2.32. The molecule has 1 aliphatic rings. The average Bonchev–Trinajstić information content (AvgIpc) is 3.40. The molecule has 0 radical (unpaired) electrons. The Bertz CT molecular complexity index is 1010. The standard InChI is InChI=1S/C24H28N4O2/c1-3-25-23(29)19-9-8-16(14-19)15-28(2)24(30)18-12-10-17(11-13-18)22-26-20-6-4-5-7-21(20)27-22/h4-7,10-13,16,19H,3,8-9,14-15H2,1-2H3,(H,25,29)(H,26,27). The van der Waals surface area contributed by atoms with Crippen LogP contribution in [0.1, 0.15) is 36.5 Å². The van der Waals surface area contributed by atoms with Gasteiger partial charge >= 0.3 is 0 Å². The number of H-pyrrole nitrogens is 1. The van der Waals surface area contributed by atoms with Crippen molar-refractivity contribution in [3.8, 4) is 11.4 Å². The highest BCUT2D eigenvalue weighted by Gasteiger charge is 2.31. The van der Waals surface area contributed by atoms with Crippen LogP contribution in [0.3, 0.4) is 0 Å². The molecule has 0 spiro atoms. The number of amides is 2. The van der Waals surface area contributed by atoms with Crippen LogP contribution in [0.25, 0.3) is 22.4 Å². The third-order valence-electron chi connectivity index (χ3n) is 5.94. The van der Waals surface area contributed by atoms with Crippen molar-refractivity contribution < 1.29 is 9.59 Å². The number of para-hydroxylation sites is 2. The summed E-state index contributed by atoms with van der Waals surface area (Å²) >= 11 is 0. The van der Waals surface area contributed by atoms with E-state index in [0.717, 1.165) is 41.7 Å². The second-order valence-electron chi connectivity index (χ2n) is 8.14. The Labute approximate surface area is 176 Å². The van der Waals surface area contributed by atoms with Crippen molar-refractivity contribution in [1.29, 1.82) is 0 Å². The highest BCUT2D eigenvalue weighted by Crippen LogP contribution is 2.31. The molecule has 6 heteroatoms. The van der Waals surface area contributed by atoms with Gasteiger partial charge in [0.15, 0.2) is 0 Å². The number of nitrogens with one attached hydrogen (secondary N) is 2. The molecule has 1 aromatic heterocycles. The zero-order valence-electron chi connectivity index (χ0n) is 17.5. The summed E-state index contributed by atoms with van der Waals surface area (Å²) in [6, 6.07) is 15.5. The van der Waals surface area contributed by atoms with Gasteiger partial charge in [-0.2, -0.15) is 0 Å². The first-order valence-corrected chi connectivity index (χ1v) is 10.6. The number of imidazole rings is 1. The molecule has 1 fully saturated rings. The van der Waals surface area contributed by atoms with E-state index >= 15 is 0 Å². The Hall–Kier alpha value is -3.15. The number of fused-ring (bicyclic) bond motifs is 1. The number of hydrogen-bond donors (Lipinski definition) is 2. The van der Waals surface area contributed by atoms with Gasteiger partial charge < -0.3 is 15.2 Å². The van der Waals surface area contributed by atoms with E-state index in [-0.39, 0.29) is 17.7 Å². The Balaban J connectivity index is 1.38. The predicted octanol–water partition coefficient (Wildman–Crippen LogP) is 3.85. The highest BCUT2D eigenvalue weighted by atomic mass is 16.2. The summed E-state index contributed by atoms with van der Waals surface area (Å²) in [5.41, 5.74) is 3.53. The molecule has 2 atom stereocenters. The maximum Gasteiger partial charge on any atom is 0.253 e. The van der Waals surface area contributed by atoms with Gasteiger partial charge in [0.2, 0.25) is 5.91 Å². The predicted molar refractivity (Wildman–Crippen MR) is 118 cm³/mol. The first kappa shape index (κ1) is 20.1. The topological polar surface area (TPSA) is 78.1 Å². The minimum atomic E-state index is 0.00705. The molecule has 3 aromatic rings. The summed E-state index contributed by atoms with van der Waals surface area (Å²) in [7, 11) is 1.84. The first-order chi connectivity index (χ1) is 14.5. The molecular formula is C24H28N4O2. The molecule has 0 aliphatic heterocycles. The van der Waals surface area contributed by atoms with E-state index < -0.39 is 0 Å². The molecule has 156 valence electrons. The second kappa shape index (κ2) is 8.69. The summed E-state index contributed by atoms with van der Waals surface area (Å²) in [6.45, 7) is 3.29. The van der Waals surface area contributed by atoms with Gasteiger partial charge in [-0.05, 0) is 56.4 Å². The molecule has 1 aliphatic carbocycles. The van der Waals surface area contributed by atoms with E-state index in [4.69, 9.17) is 0 Å². The smallest absolute Gasteiger partial charge is 0.253 e. The zero-order valence-corrected chi connectivity index (χ0v) is 17.5. The fourth-order valence-corrected chi connectivity index (χ4v) is 4.35. The van der Waals surface area contributed by atoms with Gasteiger partial charge in [-0.3, -0.25) is 9.59 Å². The van der Waals surface area contributed by atoms with Crippen molar-refractivity contribution in [2.75, 3.05) is 20.1 Å². The van der Waals surface area contributed by atoms with Crippen LogP contribution in [0.5, 0.6) is 0 Å². The summed E-state index contributed by atoms with van der Waals surface area (Å²) in [5, 5.41) is 2.91. The minimum Gasteiger partial charge on any atom is -0.356 e. The molecule has 6 nitrogen and oxygen atoms in total. The number of benzene rings is 2. The van der Waals surface area contributed by atoms with Gasteiger partial charge in [-0.15, -0.1) is 0 Å². The van der Waals surface area contributed by atoms with Crippen LogP contribution in [-0.4, -0.2) is 46.8 Å². The molecule has 1 saturated carbocycles. The number of hydrogen-bond acceptors (Lipinski definition) is 3. The SMILES string of the molecule is CCNC(=O)C1CCC(CN(C)C(=O)c2ccc(-c3nc4ccccc4[nH]3)cc2)C1. The number of aromatic nitrogens is 2. The molecular weight excluding hydrogens is 376 g/mol. The fraction of sp³-hybridized carbons (Fsp3) is 0.375. The van der Waals surface area contributed by atoms with E-state index in [2.05, 4.69) is 15.3 Å². The van der Waals surface area contributed by atoms with Gasteiger partial charge in [0.1, 0.15) is 5.82 Å². The van der Waals surface area contributed by atoms with Gasteiger partial charge in [-0.1, -0.05) is 24.3 Å². The van der Waals surface area contributed by atoms with E-state index in [1.807, 2.05) is 62.5 Å². The highest BCUT2D eigenvalue weighted by molar-refractivity contribution is 5.94. The van der Waals surface area contributed by atoms with E-state index in [1.54, 1.807) is 4.90 Å². The number of nitrogens with zero attached hydrogens (tertiary/aromatic N) is 2. The maximum atomic E-state index is 12.9. The molecule has 1 heterocycles. The Morgan fingerprint density at radius 2 is 1.90 bits per heavy atom. The summed E-state index contributed by atoms with van der Waals surface area (Å²) in [6.07, 6.45) is 2.75. The summed E-state index contributed by atoms with van der Waals surface area (Å²) < 4.78 is 0. The van der Waals surface area contributed by atoms with E-state index in [9.17, 15) is 9.59 Å². The van der Waals surface area contributed by atoms with Crippen molar-refractivity contribution in [3.05, 3.63) is 54.1 Å². The maximum absolute atomic E-state index is 12.9. The van der Waals surface area contributed by atoms with Gasteiger partial charge in [0.25, 0.3) is 5.91 Å². The third kappa shape index (κ3) is 4.22. The molecule has 2 N–H and O–H groups in total. The van der Waals surface area contributed by atoms with Crippen LogP contribution >= 0.6 is 0 Å². The van der Waals surface area contributed by atoms with Crippen LogP contribution in [0, 0.1) is 11.8 Å². The second-order valence-corrected chi connectivity index (χ2v) is 8.14. The Morgan fingerprint density at radius 1 is 1.13 bits per heavy atom. The van der Waals surface area contributed by atoms with Crippen molar-refractivity contribution in [3.63, 3.8) is 0 Å². The van der Waals surface area contributed by atoms with Crippen molar-refractivity contribution in [1.82, 2.24) is 20.2 Å². The van der Waals surface area contributed by atoms with Crippen molar-refractivity contribution in [2.24, 2.45) is 11.8 Å². The van der Waals surface area contributed by atoms with Crippen LogP contribution in [0.15, 0.2) is 48.5 Å². The first-order valence-electron chi connectivity index (χ1n) is 10.6. The lowest BCUT2D eigenvalue weighted by Gasteiger charge is -2.21. The normalized spacial score (nSPS) is 18.5. The van der Waals surface area contributed by atoms with Crippen molar-refractivity contribution in [2.45, 2.75) is 26.2 Å². The quantitative estimate of drug-likeness (QED) is 0.655. The van der Waals surface area contributed by atoms with Crippen LogP contribution in [0.4, 0.5) is 0 Å². The molecule has 2 unspecified atom stereocenters.